The van der Waals surface area contributed by atoms with Crippen LogP contribution in [0.2, 0.25) is 0 Å². The summed E-state index contributed by atoms with van der Waals surface area (Å²) in [5.41, 5.74) is 8.67. The van der Waals surface area contributed by atoms with Gasteiger partial charge < -0.3 is 9.80 Å². The van der Waals surface area contributed by atoms with Crippen molar-refractivity contribution in [2.75, 3.05) is 36.0 Å². The lowest BCUT2D eigenvalue weighted by atomic mass is 10.0. The van der Waals surface area contributed by atoms with Crippen LogP contribution >= 0.6 is 0 Å². The highest BCUT2D eigenvalue weighted by molar-refractivity contribution is 5.88. The van der Waals surface area contributed by atoms with Gasteiger partial charge in [-0.15, -0.1) is 0 Å². The summed E-state index contributed by atoms with van der Waals surface area (Å²) < 4.78 is 0. The quantitative estimate of drug-likeness (QED) is 0.635. The molecule has 0 atom stereocenters. The second-order valence-corrected chi connectivity index (χ2v) is 6.14. The van der Waals surface area contributed by atoms with Gasteiger partial charge in [-0.05, 0) is 56.0 Å². The van der Waals surface area contributed by atoms with E-state index in [4.69, 9.17) is 0 Å². The zero-order chi connectivity index (χ0) is 16.4. The van der Waals surface area contributed by atoms with E-state index in [0.717, 1.165) is 32.6 Å². The fourth-order valence-corrected chi connectivity index (χ4v) is 3.90. The number of hydrogen-bond donors (Lipinski definition) is 0. The highest BCUT2D eigenvalue weighted by atomic mass is 15.2. The predicted molar refractivity (Wildman–Crippen MR) is 102 cm³/mol. The summed E-state index contributed by atoms with van der Waals surface area (Å²) >= 11 is 0. The summed E-state index contributed by atoms with van der Waals surface area (Å²) in [6, 6.07) is 13.5. The zero-order valence-corrected chi connectivity index (χ0v) is 14.9. The Hall–Kier alpha value is -1.96. The zero-order valence-electron chi connectivity index (χ0n) is 14.9. The van der Waals surface area contributed by atoms with Crippen molar-refractivity contribution in [1.82, 2.24) is 0 Å². The molecule has 122 valence electrons. The van der Waals surface area contributed by atoms with Gasteiger partial charge in [0, 0.05) is 32.6 Å². The molecule has 2 aromatic carbocycles. The second kappa shape index (κ2) is 6.66. The third-order valence-electron chi connectivity index (χ3n) is 5.12. The van der Waals surface area contributed by atoms with Crippen molar-refractivity contribution in [1.29, 1.82) is 0 Å². The molecule has 23 heavy (non-hydrogen) atoms. The van der Waals surface area contributed by atoms with Gasteiger partial charge in [-0.25, -0.2) is 0 Å². The van der Waals surface area contributed by atoms with Crippen LogP contribution in [0.15, 0.2) is 36.4 Å². The summed E-state index contributed by atoms with van der Waals surface area (Å²) in [6.07, 6.45) is 1.06. The van der Waals surface area contributed by atoms with Crippen LogP contribution in [0.5, 0.6) is 0 Å². The highest BCUT2D eigenvalue weighted by Gasteiger charge is 2.26. The maximum Gasteiger partial charge on any atom is 0.0646 e. The molecule has 0 heterocycles. The molecular formula is C21H28N2. The number of hydrogen-bond acceptors (Lipinski definition) is 2. The Kier molecular flexibility index (Phi) is 4.61. The average molecular weight is 308 g/mol. The fourth-order valence-electron chi connectivity index (χ4n) is 3.90. The molecule has 0 aromatic heterocycles. The first kappa shape index (κ1) is 15.9. The molecule has 3 rings (SSSR count). The first-order valence-electron chi connectivity index (χ1n) is 8.99. The smallest absolute Gasteiger partial charge is 0.0646 e. The molecule has 0 fully saturated rings. The van der Waals surface area contributed by atoms with E-state index in [1.807, 2.05) is 0 Å². The van der Waals surface area contributed by atoms with E-state index < -0.39 is 0 Å². The van der Waals surface area contributed by atoms with Gasteiger partial charge in [0.15, 0.2) is 0 Å². The third kappa shape index (κ3) is 2.60. The summed E-state index contributed by atoms with van der Waals surface area (Å²) in [6.45, 7) is 13.2. The first-order chi connectivity index (χ1) is 11.2. The Morgan fingerprint density at radius 2 is 1.39 bits per heavy atom. The van der Waals surface area contributed by atoms with Gasteiger partial charge in [-0.1, -0.05) is 30.3 Å². The summed E-state index contributed by atoms with van der Waals surface area (Å²) in [5, 5.41) is 0. The van der Waals surface area contributed by atoms with Crippen molar-refractivity contribution >= 4 is 11.4 Å². The third-order valence-corrected chi connectivity index (χ3v) is 5.12. The SMILES string of the molecule is CCN(CC)c1ccc2c(c1N(CC)CC)Cc1ccccc1-2. The van der Waals surface area contributed by atoms with Gasteiger partial charge >= 0.3 is 0 Å². The maximum atomic E-state index is 2.53. The van der Waals surface area contributed by atoms with Gasteiger partial charge in [-0.2, -0.15) is 0 Å². The topological polar surface area (TPSA) is 6.48 Å². The van der Waals surface area contributed by atoms with Crippen molar-refractivity contribution < 1.29 is 0 Å². The molecule has 0 bridgehead atoms. The van der Waals surface area contributed by atoms with E-state index in [0.29, 0.717) is 0 Å². The minimum Gasteiger partial charge on any atom is -0.370 e. The van der Waals surface area contributed by atoms with E-state index in [-0.39, 0.29) is 0 Å². The normalized spacial score (nSPS) is 12.0. The molecule has 2 heteroatoms. The molecule has 0 saturated heterocycles. The Labute approximate surface area is 140 Å². The molecule has 0 aliphatic heterocycles. The van der Waals surface area contributed by atoms with E-state index >= 15 is 0 Å². The number of fused-ring (bicyclic) bond motifs is 3. The molecule has 0 unspecified atom stereocenters. The number of benzene rings is 2. The van der Waals surface area contributed by atoms with Crippen molar-refractivity contribution in [3.8, 4) is 11.1 Å². The van der Waals surface area contributed by atoms with Crippen LogP contribution in [-0.2, 0) is 6.42 Å². The van der Waals surface area contributed by atoms with Crippen LogP contribution in [0.3, 0.4) is 0 Å². The lowest BCUT2D eigenvalue weighted by molar-refractivity contribution is 0.828. The molecule has 2 nitrogen and oxygen atoms in total. The number of anilines is 2. The van der Waals surface area contributed by atoms with Crippen molar-refractivity contribution in [3.05, 3.63) is 47.5 Å². The largest absolute Gasteiger partial charge is 0.370 e. The van der Waals surface area contributed by atoms with Crippen LogP contribution in [0.4, 0.5) is 11.4 Å². The molecule has 0 spiro atoms. The van der Waals surface area contributed by atoms with Gasteiger partial charge in [0.1, 0.15) is 0 Å². The van der Waals surface area contributed by atoms with E-state index in [2.05, 4.69) is 73.9 Å². The monoisotopic (exact) mass is 308 g/mol. The minimum atomic E-state index is 1.05. The summed E-state index contributed by atoms with van der Waals surface area (Å²) in [5.74, 6) is 0. The van der Waals surface area contributed by atoms with Crippen LogP contribution in [0.25, 0.3) is 11.1 Å². The maximum absolute atomic E-state index is 2.53. The molecule has 1 aliphatic rings. The summed E-state index contributed by atoms with van der Waals surface area (Å²) in [7, 11) is 0. The predicted octanol–water partition coefficient (Wildman–Crippen LogP) is 4.95. The molecular weight excluding hydrogens is 280 g/mol. The Balaban J connectivity index is 2.20. The van der Waals surface area contributed by atoms with Crippen LogP contribution in [0.1, 0.15) is 38.8 Å². The van der Waals surface area contributed by atoms with Gasteiger partial charge in [0.25, 0.3) is 0 Å². The first-order valence-corrected chi connectivity index (χ1v) is 8.99. The van der Waals surface area contributed by atoms with Crippen molar-refractivity contribution in [3.63, 3.8) is 0 Å². The lowest BCUT2D eigenvalue weighted by Gasteiger charge is -2.32. The Bertz CT molecular complexity index is 682. The van der Waals surface area contributed by atoms with E-state index in [9.17, 15) is 0 Å². The minimum absolute atomic E-state index is 1.05. The standard InChI is InChI=1S/C21H28N2/c1-5-22(6-2)20-14-13-18-17-12-10-9-11-16(17)15-19(18)21(20)23(7-3)8-4/h9-14H,5-8,15H2,1-4H3. The van der Waals surface area contributed by atoms with Gasteiger partial charge in [0.2, 0.25) is 0 Å². The molecule has 0 saturated carbocycles. The van der Waals surface area contributed by atoms with E-state index in [1.165, 1.54) is 33.6 Å². The fraction of sp³-hybridized carbons (Fsp3) is 0.429. The molecule has 0 N–H and O–H groups in total. The Morgan fingerprint density at radius 3 is 2.04 bits per heavy atom. The number of rotatable bonds is 6. The van der Waals surface area contributed by atoms with Crippen LogP contribution in [0, 0.1) is 0 Å². The van der Waals surface area contributed by atoms with Crippen LogP contribution < -0.4 is 9.80 Å². The summed E-state index contributed by atoms with van der Waals surface area (Å²) in [4.78, 5) is 5.01. The molecule has 0 amide bonds. The average Bonchev–Trinajstić information content (AvgIpc) is 2.97. The highest BCUT2D eigenvalue weighted by Crippen LogP contribution is 2.45. The Morgan fingerprint density at radius 1 is 0.739 bits per heavy atom. The van der Waals surface area contributed by atoms with Gasteiger partial charge in [-0.3, -0.25) is 0 Å². The van der Waals surface area contributed by atoms with Gasteiger partial charge in [0.05, 0.1) is 11.4 Å². The molecule has 2 aromatic rings. The lowest BCUT2D eigenvalue weighted by Crippen LogP contribution is -2.29. The van der Waals surface area contributed by atoms with Crippen LogP contribution in [-0.4, -0.2) is 26.2 Å². The van der Waals surface area contributed by atoms with Crippen molar-refractivity contribution in [2.24, 2.45) is 0 Å². The molecule has 1 aliphatic carbocycles. The molecule has 0 radical (unpaired) electrons. The van der Waals surface area contributed by atoms with Crippen molar-refractivity contribution in [2.45, 2.75) is 34.1 Å². The second-order valence-electron chi connectivity index (χ2n) is 6.14. The van der Waals surface area contributed by atoms with E-state index in [1.54, 1.807) is 0 Å². The number of nitrogens with zero attached hydrogens (tertiary/aromatic N) is 2.